The van der Waals surface area contributed by atoms with E-state index >= 15 is 0 Å². The summed E-state index contributed by atoms with van der Waals surface area (Å²) < 4.78 is 84.8. The highest BCUT2D eigenvalue weighted by molar-refractivity contribution is 7.91. The third-order valence-corrected chi connectivity index (χ3v) is 14.0. The molecule has 4 amide bonds. The molecule has 2 saturated carbocycles. The van der Waals surface area contributed by atoms with Crippen molar-refractivity contribution < 1.29 is 60.1 Å². The Morgan fingerprint density at radius 2 is 1.79 bits per heavy atom. The van der Waals surface area contributed by atoms with Crippen molar-refractivity contribution in [3.05, 3.63) is 42.6 Å². The number of hydrogen-bond acceptors (Lipinski definition) is 11. The summed E-state index contributed by atoms with van der Waals surface area (Å²) in [4.78, 5) is 61.8. The number of carbonyl (C=O) groups is 4. The Morgan fingerprint density at radius 1 is 1.10 bits per heavy atom. The quantitative estimate of drug-likeness (QED) is 0.267. The van der Waals surface area contributed by atoms with Crippen LogP contribution in [0.4, 0.5) is 18.0 Å². The van der Waals surface area contributed by atoms with Crippen LogP contribution >= 0.6 is 0 Å². The number of alkyl halides is 3. The molecular weight excluding hydrogens is 788 g/mol. The molecular formula is C39H50F3N5O10S. The smallest absolute Gasteiger partial charge is 0.427 e. The number of carbonyl (C=O) groups excluding carboxylic acids is 4. The topological polar surface area (TPSA) is 203 Å². The Labute approximate surface area is 334 Å². The number of fused-ring (bicyclic) bond motifs is 3. The minimum Gasteiger partial charge on any atom is -0.494 e. The van der Waals surface area contributed by atoms with Gasteiger partial charge in [0.2, 0.25) is 33.3 Å². The highest BCUT2D eigenvalue weighted by atomic mass is 32.2. The SMILES string of the molecule is COc1cnc(O[C@@H]2CC3C(=O)N[C@]4(C(=O)NS(=O)(=O)C5(CO)CC5)C[C@H]4/C=C\CC[C@@H](C)C[C@@H](C)[C@H](NC(=O)OC(C)(C)C(F)(F)F)C(=O)N3C2)c2ccccc12. The van der Waals surface area contributed by atoms with Crippen molar-refractivity contribution in [2.24, 2.45) is 17.8 Å². The molecule has 1 unspecified atom stereocenters. The second-order valence-electron chi connectivity index (χ2n) is 16.5. The van der Waals surface area contributed by atoms with Crippen molar-refractivity contribution in [2.45, 2.75) is 113 Å². The molecule has 3 fully saturated rings. The van der Waals surface area contributed by atoms with Gasteiger partial charge in [0.05, 0.1) is 26.5 Å². The normalized spacial score (nSPS) is 29.4. The maximum absolute atomic E-state index is 14.7. The molecule has 6 rings (SSSR count). The van der Waals surface area contributed by atoms with E-state index in [0.717, 1.165) is 4.90 Å². The first-order valence-electron chi connectivity index (χ1n) is 19.3. The number of aliphatic hydroxyl groups excluding tert-OH is 1. The number of sulfonamides is 1. The van der Waals surface area contributed by atoms with Gasteiger partial charge < -0.3 is 34.9 Å². The van der Waals surface area contributed by atoms with Gasteiger partial charge in [0.1, 0.15) is 34.2 Å². The van der Waals surface area contributed by atoms with E-state index in [1.165, 1.54) is 13.3 Å². The maximum Gasteiger partial charge on any atom is 0.427 e. The first-order valence-corrected chi connectivity index (χ1v) is 20.8. The average molecular weight is 838 g/mol. The number of aromatic nitrogens is 1. The van der Waals surface area contributed by atoms with Crippen LogP contribution in [0.25, 0.3) is 10.8 Å². The first kappa shape index (κ1) is 42.9. The molecule has 2 aliphatic carbocycles. The number of halogens is 3. The van der Waals surface area contributed by atoms with Crippen LogP contribution in [0, 0.1) is 17.8 Å². The van der Waals surface area contributed by atoms with Crippen LogP contribution in [-0.2, 0) is 29.1 Å². The van der Waals surface area contributed by atoms with Crippen LogP contribution in [0.15, 0.2) is 42.6 Å². The molecule has 0 spiro atoms. The number of methoxy groups -OCH3 is 1. The van der Waals surface area contributed by atoms with E-state index < -0.39 is 92.5 Å². The van der Waals surface area contributed by atoms with Gasteiger partial charge in [-0.2, -0.15) is 13.2 Å². The molecule has 318 valence electrons. The van der Waals surface area contributed by atoms with Crippen LogP contribution < -0.4 is 24.8 Å². The summed E-state index contributed by atoms with van der Waals surface area (Å²) in [5, 5.41) is 16.2. The zero-order valence-electron chi connectivity index (χ0n) is 32.9. The minimum atomic E-state index is -4.92. The monoisotopic (exact) mass is 837 g/mol. The highest BCUT2D eigenvalue weighted by Crippen LogP contribution is 2.48. The molecule has 1 aromatic heterocycles. The first-order chi connectivity index (χ1) is 27.2. The lowest BCUT2D eigenvalue weighted by Crippen LogP contribution is -2.60. The molecule has 0 bridgehead atoms. The lowest BCUT2D eigenvalue weighted by Gasteiger charge is -2.34. The largest absolute Gasteiger partial charge is 0.494 e. The Hall–Kier alpha value is -4.65. The summed E-state index contributed by atoms with van der Waals surface area (Å²) in [6.07, 6.45) is -0.629. The summed E-state index contributed by atoms with van der Waals surface area (Å²) in [6.45, 7) is 4.02. The molecule has 19 heteroatoms. The van der Waals surface area contributed by atoms with E-state index in [1.807, 2.05) is 13.0 Å². The number of nitrogens with zero attached hydrogens (tertiary/aromatic N) is 2. The number of pyridine rings is 1. The van der Waals surface area contributed by atoms with E-state index in [1.54, 1.807) is 37.3 Å². The summed E-state index contributed by atoms with van der Waals surface area (Å²) in [5.74, 6) is -3.31. The van der Waals surface area contributed by atoms with Gasteiger partial charge in [-0.1, -0.05) is 44.2 Å². The van der Waals surface area contributed by atoms with Gasteiger partial charge in [-0.15, -0.1) is 0 Å². The third kappa shape index (κ3) is 8.42. The highest BCUT2D eigenvalue weighted by Gasteiger charge is 2.64. The van der Waals surface area contributed by atoms with Crippen molar-refractivity contribution in [1.29, 1.82) is 0 Å². The Morgan fingerprint density at radius 3 is 2.43 bits per heavy atom. The fraction of sp³-hybridized carbons (Fsp3) is 0.615. The number of alkyl carbamates (subject to hydrolysis) is 1. The van der Waals surface area contributed by atoms with Crippen LogP contribution in [0.3, 0.4) is 0 Å². The number of allylic oxidation sites excluding steroid dienone is 1. The number of aliphatic hydroxyl groups is 1. The van der Waals surface area contributed by atoms with E-state index in [-0.39, 0.29) is 44.0 Å². The predicted molar refractivity (Wildman–Crippen MR) is 203 cm³/mol. The van der Waals surface area contributed by atoms with Gasteiger partial charge in [-0.3, -0.25) is 19.1 Å². The van der Waals surface area contributed by atoms with E-state index in [0.29, 0.717) is 49.6 Å². The van der Waals surface area contributed by atoms with Crippen molar-refractivity contribution >= 4 is 44.6 Å². The van der Waals surface area contributed by atoms with Crippen molar-refractivity contribution in [2.75, 3.05) is 20.3 Å². The number of ether oxygens (including phenoxy) is 3. The Kier molecular flexibility index (Phi) is 11.7. The molecule has 2 aromatic rings. The number of amides is 4. The number of nitrogens with one attached hydrogen (secondary N) is 3. The second kappa shape index (κ2) is 15.8. The molecule has 58 heavy (non-hydrogen) atoms. The zero-order chi connectivity index (χ0) is 42.4. The number of hydrogen-bond donors (Lipinski definition) is 4. The minimum absolute atomic E-state index is 0.0443. The van der Waals surface area contributed by atoms with Gasteiger partial charge in [-0.25, -0.2) is 18.2 Å². The second-order valence-corrected chi connectivity index (χ2v) is 18.6. The molecule has 4 N–H and O–H groups in total. The van der Waals surface area contributed by atoms with Gasteiger partial charge in [0.25, 0.3) is 5.91 Å². The molecule has 0 radical (unpaired) electrons. The van der Waals surface area contributed by atoms with E-state index in [4.69, 9.17) is 14.2 Å². The number of benzene rings is 1. The lowest BCUT2D eigenvalue weighted by atomic mass is 9.88. The van der Waals surface area contributed by atoms with Crippen LogP contribution in [0.5, 0.6) is 11.6 Å². The predicted octanol–water partition coefficient (Wildman–Crippen LogP) is 3.89. The maximum atomic E-state index is 14.7. The fourth-order valence-electron chi connectivity index (χ4n) is 7.79. The zero-order valence-corrected chi connectivity index (χ0v) is 33.7. The summed E-state index contributed by atoms with van der Waals surface area (Å²) in [5.41, 5.74) is -4.62. The average Bonchev–Trinajstić information content (AvgIpc) is 4.06. The van der Waals surface area contributed by atoms with Gasteiger partial charge >= 0.3 is 12.3 Å². The van der Waals surface area contributed by atoms with Crippen LogP contribution in [-0.4, -0.2) is 108 Å². The molecule has 3 heterocycles. The summed E-state index contributed by atoms with van der Waals surface area (Å²) in [6, 6.07) is 4.29. The van der Waals surface area contributed by atoms with Gasteiger partial charge in [0.15, 0.2) is 0 Å². The Bertz CT molecular complexity index is 2080. The van der Waals surface area contributed by atoms with Crippen molar-refractivity contribution in [3.8, 4) is 11.6 Å². The van der Waals surface area contributed by atoms with E-state index in [2.05, 4.69) is 20.3 Å². The molecule has 7 atom stereocenters. The van der Waals surface area contributed by atoms with Gasteiger partial charge in [0, 0.05) is 23.1 Å². The number of rotatable bonds is 9. The summed E-state index contributed by atoms with van der Waals surface area (Å²) >= 11 is 0. The molecule has 1 aromatic carbocycles. The fourth-order valence-corrected chi connectivity index (χ4v) is 9.24. The third-order valence-electron chi connectivity index (χ3n) is 11.8. The standard InChI is InChI=1S/C39H50F3N5O10S/c1-22-10-6-7-11-24-18-38(24,34(51)46-58(53,54)37(21-48)14-15-37)45-31(49)28-17-25(56-32-27-13-9-8-12-26(27)29(55-5)19-43-32)20-47(28)33(50)30(23(2)16-22)44-35(52)57-36(3,4)39(40,41)42/h7-9,11-13,19,22-25,28,30,48H,6,10,14-18,20-21H2,1-5H3,(H,44,52)(H,45,49)(H,46,51)/b11-7-/t22-,23-,24-,25-,28?,30+,38-/m1/s1. The van der Waals surface area contributed by atoms with E-state index in [9.17, 15) is 45.9 Å². The molecule has 4 aliphatic rings. The molecule has 15 nitrogen and oxygen atoms in total. The summed E-state index contributed by atoms with van der Waals surface area (Å²) in [7, 11) is -2.85. The lowest BCUT2D eigenvalue weighted by molar-refractivity contribution is -0.244. The van der Waals surface area contributed by atoms with Gasteiger partial charge in [-0.05, 0) is 70.3 Å². The van der Waals surface area contributed by atoms with Crippen molar-refractivity contribution in [1.82, 2.24) is 25.2 Å². The van der Waals surface area contributed by atoms with Crippen LogP contribution in [0.2, 0.25) is 0 Å². The molecule has 1 saturated heterocycles. The van der Waals surface area contributed by atoms with Crippen molar-refractivity contribution in [3.63, 3.8) is 0 Å². The Balaban J connectivity index is 1.36. The van der Waals surface area contributed by atoms with Crippen LogP contribution in [0.1, 0.15) is 72.6 Å². The molecule has 2 aliphatic heterocycles.